The minimum Gasteiger partial charge on any atom is -0.506 e. The van der Waals surface area contributed by atoms with Crippen molar-refractivity contribution < 1.29 is 14.5 Å². The smallest absolute Gasteiger partial charge is 0.263 e. The van der Waals surface area contributed by atoms with Gasteiger partial charge in [-0.3, -0.25) is 4.79 Å². The van der Waals surface area contributed by atoms with Gasteiger partial charge in [-0.25, -0.2) is 0 Å². The molecule has 0 bridgehead atoms. The molecule has 7 rings (SSSR count). The molecule has 1 aromatic heterocycles. The summed E-state index contributed by atoms with van der Waals surface area (Å²) in [6.07, 6.45) is 3.70. The normalized spacial score (nSPS) is 17.4. The van der Waals surface area contributed by atoms with Gasteiger partial charge < -0.3 is 10.0 Å². The highest BCUT2D eigenvalue weighted by Gasteiger charge is 2.36. The Bertz CT molecular complexity index is 1910. The zero-order chi connectivity index (χ0) is 26.0. The Labute approximate surface area is 228 Å². The van der Waals surface area contributed by atoms with E-state index in [1.165, 1.54) is 42.3 Å². The number of aliphatic hydroxyl groups excluding tert-OH is 1. The molecule has 6 heteroatoms. The van der Waals surface area contributed by atoms with Crippen LogP contribution in [0.1, 0.15) is 18.9 Å². The van der Waals surface area contributed by atoms with E-state index in [9.17, 15) is 9.90 Å². The maximum Gasteiger partial charge on any atom is 0.263 e. The Morgan fingerprint density at radius 1 is 0.895 bits per heavy atom. The lowest BCUT2D eigenvalue weighted by molar-refractivity contribution is -0.664. The Morgan fingerprint density at radius 3 is 2.34 bits per heavy atom. The van der Waals surface area contributed by atoms with Crippen molar-refractivity contribution in [1.82, 2.24) is 0 Å². The number of anilines is 1. The number of thioether (sulfide) groups is 1. The minimum atomic E-state index is -0.113. The Balaban J connectivity index is 1.29. The molecule has 0 atom stereocenters. The molecule has 5 aromatic rings. The number of fused-ring (bicyclic) bond motifs is 6. The van der Waals surface area contributed by atoms with Crippen molar-refractivity contribution in [3.63, 3.8) is 0 Å². The molecule has 0 saturated carbocycles. The van der Waals surface area contributed by atoms with Gasteiger partial charge in [0.25, 0.3) is 5.01 Å². The number of hydrogen-bond donors (Lipinski definition) is 1. The minimum absolute atomic E-state index is 0.0740. The number of aryl methyl sites for hydroxylation is 1. The fourth-order valence-corrected chi connectivity index (χ4v) is 7.92. The Morgan fingerprint density at radius 2 is 1.61 bits per heavy atom. The van der Waals surface area contributed by atoms with Crippen molar-refractivity contribution in [2.75, 3.05) is 11.4 Å². The summed E-state index contributed by atoms with van der Waals surface area (Å²) in [7, 11) is 0. The predicted molar refractivity (Wildman–Crippen MR) is 159 cm³/mol. The van der Waals surface area contributed by atoms with E-state index in [0.29, 0.717) is 11.1 Å². The van der Waals surface area contributed by atoms with Gasteiger partial charge in [0.1, 0.15) is 17.0 Å². The monoisotopic (exact) mass is 533 g/mol. The second-order valence-electron chi connectivity index (χ2n) is 9.43. The molecule has 0 saturated heterocycles. The Hall–Kier alpha value is -3.87. The molecule has 1 aliphatic heterocycles. The molecule has 1 N–H and O–H groups in total. The number of carbonyl (C=O) groups is 1. The van der Waals surface area contributed by atoms with Crippen LogP contribution in [-0.2, 0) is 11.3 Å². The van der Waals surface area contributed by atoms with E-state index in [4.69, 9.17) is 0 Å². The summed E-state index contributed by atoms with van der Waals surface area (Å²) < 4.78 is 3.40. The summed E-state index contributed by atoms with van der Waals surface area (Å²) in [5.74, 6) is -0.0395. The number of ketones is 1. The van der Waals surface area contributed by atoms with Crippen LogP contribution in [0.3, 0.4) is 0 Å². The van der Waals surface area contributed by atoms with Gasteiger partial charge in [-0.2, -0.15) is 4.57 Å². The lowest BCUT2D eigenvalue weighted by Crippen LogP contribution is -2.34. The number of carbonyl (C=O) groups excluding carboxylic acids is 1. The molecular weight excluding hydrogens is 508 g/mol. The fraction of sp³-hybridized carbons (Fsp3) is 0.125. The number of aromatic nitrogens is 1. The van der Waals surface area contributed by atoms with Crippen LogP contribution < -0.4 is 9.47 Å². The lowest BCUT2D eigenvalue weighted by atomic mass is 9.88. The van der Waals surface area contributed by atoms with Crippen LogP contribution in [0.5, 0.6) is 0 Å². The first-order valence-electron chi connectivity index (χ1n) is 12.8. The maximum absolute atomic E-state index is 13.3. The number of allylic oxidation sites excluding steroid dienone is 3. The van der Waals surface area contributed by atoms with Gasteiger partial charge in [0.05, 0.1) is 27.2 Å². The summed E-state index contributed by atoms with van der Waals surface area (Å²) in [4.78, 5) is 16.7. The molecule has 1 aliphatic carbocycles. The maximum atomic E-state index is 13.3. The fourth-order valence-electron chi connectivity index (χ4n) is 5.55. The first kappa shape index (κ1) is 23.3. The van der Waals surface area contributed by atoms with Gasteiger partial charge in [-0.15, -0.1) is 0 Å². The second kappa shape index (κ2) is 8.86. The zero-order valence-electron chi connectivity index (χ0n) is 21.1. The largest absolute Gasteiger partial charge is 0.506 e. The van der Waals surface area contributed by atoms with Crippen molar-refractivity contribution in [2.24, 2.45) is 0 Å². The van der Waals surface area contributed by atoms with Gasteiger partial charge in [0.2, 0.25) is 11.3 Å². The quantitative estimate of drug-likeness (QED) is 0.189. The first-order chi connectivity index (χ1) is 18.6. The highest BCUT2D eigenvalue weighted by Crippen LogP contribution is 2.50. The average molecular weight is 534 g/mol. The van der Waals surface area contributed by atoms with Gasteiger partial charge >= 0.3 is 0 Å². The van der Waals surface area contributed by atoms with Gasteiger partial charge in [-0.05, 0) is 48.9 Å². The van der Waals surface area contributed by atoms with Crippen LogP contribution in [0.15, 0.2) is 106 Å². The van der Waals surface area contributed by atoms with Gasteiger partial charge in [0.15, 0.2) is 0 Å². The number of nitrogens with zero attached hydrogens (tertiary/aromatic N) is 2. The van der Waals surface area contributed by atoms with E-state index in [1.807, 2.05) is 12.2 Å². The highest BCUT2D eigenvalue weighted by atomic mass is 32.2. The summed E-state index contributed by atoms with van der Waals surface area (Å²) >= 11 is 3.30. The molecule has 0 spiro atoms. The molecule has 0 radical (unpaired) electrons. The van der Waals surface area contributed by atoms with E-state index in [0.717, 1.165) is 23.1 Å². The third kappa shape index (κ3) is 3.37. The predicted octanol–water partition coefficient (Wildman–Crippen LogP) is 7.77. The van der Waals surface area contributed by atoms with Crippen LogP contribution in [0.2, 0.25) is 0 Å². The summed E-state index contributed by atoms with van der Waals surface area (Å²) in [6, 6.07) is 25.3. The van der Waals surface area contributed by atoms with Crippen LogP contribution >= 0.6 is 23.1 Å². The van der Waals surface area contributed by atoms with E-state index < -0.39 is 0 Å². The second-order valence-corrected chi connectivity index (χ2v) is 11.6. The standard InChI is InChI=1S/C32H24N2O2S2/c1-3-33-27(37-25-15-13-19-9-5-7-11-21(19)29(25)33)17-23-31(35)24(32(23)36)18-28-34(4-2)30-22-12-8-6-10-20(22)14-16-26(30)38-28/h5-18H,3-4H2,1-2H3/p+1. The molecule has 0 amide bonds. The van der Waals surface area contributed by atoms with E-state index in [1.54, 1.807) is 23.1 Å². The number of benzene rings is 4. The van der Waals surface area contributed by atoms with Crippen LogP contribution in [-0.4, -0.2) is 17.4 Å². The van der Waals surface area contributed by atoms with Crippen molar-refractivity contribution in [3.8, 4) is 0 Å². The number of aliphatic hydroxyl groups is 1. The Kier molecular flexibility index (Phi) is 5.42. The van der Waals surface area contributed by atoms with E-state index in [2.05, 4.69) is 96.1 Å². The number of hydrogen-bond acceptors (Lipinski definition) is 5. The first-order valence-corrected chi connectivity index (χ1v) is 14.4. The molecule has 0 unspecified atom stereocenters. The van der Waals surface area contributed by atoms with Crippen molar-refractivity contribution in [3.05, 3.63) is 106 Å². The summed E-state index contributed by atoms with van der Waals surface area (Å²) in [5.41, 5.74) is 3.10. The molecule has 2 heterocycles. The topological polar surface area (TPSA) is 44.4 Å². The van der Waals surface area contributed by atoms with Gasteiger partial charge in [0, 0.05) is 22.9 Å². The molecular formula is C32H25N2O2S2+. The number of Topliss-reactive ketones (excluding diaryl/α,β-unsaturated/α-hetero) is 1. The SMILES string of the molecule is CCN1/C(=C/C2=C(O)C(=C\c3sc4ccc5ccccc5c4[n+]3CC)/C2=O)Sc2ccc3ccccc3c21. The average Bonchev–Trinajstić information content (AvgIpc) is 3.51. The molecule has 0 fully saturated rings. The van der Waals surface area contributed by atoms with Crippen LogP contribution in [0.25, 0.3) is 37.8 Å². The molecule has 4 nitrogen and oxygen atoms in total. The third-order valence-corrected chi connectivity index (χ3v) is 9.59. The van der Waals surface area contributed by atoms with Gasteiger partial charge in [-0.1, -0.05) is 77.7 Å². The van der Waals surface area contributed by atoms with Crippen LogP contribution in [0, 0.1) is 0 Å². The van der Waals surface area contributed by atoms with Crippen LogP contribution in [0.4, 0.5) is 5.69 Å². The lowest BCUT2D eigenvalue weighted by Gasteiger charge is -2.22. The third-order valence-electron chi connectivity index (χ3n) is 7.40. The van der Waals surface area contributed by atoms with Crippen molar-refractivity contribution in [2.45, 2.75) is 25.3 Å². The molecule has 38 heavy (non-hydrogen) atoms. The molecule has 4 aromatic carbocycles. The van der Waals surface area contributed by atoms with E-state index in [-0.39, 0.29) is 11.5 Å². The number of thiazole rings is 1. The summed E-state index contributed by atoms with van der Waals surface area (Å²) in [5, 5.41) is 17.7. The number of rotatable bonds is 4. The molecule has 186 valence electrons. The highest BCUT2D eigenvalue weighted by molar-refractivity contribution is 8.03. The molecule has 2 aliphatic rings. The van der Waals surface area contributed by atoms with Crippen molar-refractivity contribution >= 4 is 72.4 Å². The van der Waals surface area contributed by atoms with E-state index >= 15 is 0 Å². The zero-order valence-corrected chi connectivity index (χ0v) is 22.7. The van der Waals surface area contributed by atoms with Crippen molar-refractivity contribution in [1.29, 1.82) is 0 Å². The summed E-state index contributed by atoms with van der Waals surface area (Å²) in [6.45, 7) is 5.78.